The smallest absolute Gasteiger partial charge is 0.251 e. The molecule has 2 unspecified atom stereocenters. The fourth-order valence-corrected chi connectivity index (χ4v) is 4.71. The summed E-state index contributed by atoms with van der Waals surface area (Å²) < 4.78 is 10.9. The molecule has 1 saturated carbocycles. The van der Waals surface area contributed by atoms with Crippen LogP contribution in [0, 0.1) is 11.8 Å². The maximum atomic E-state index is 12.8. The van der Waals surface area contributed by atoms with Crippen molar-refractivity contribution in [2.24, 2.45) is 11.8 Å². The second-order valence-corrected chi connectivity index (χ2v) is 8.45. The first-order chi connectivity index (χ1) is 14.2. The Morgan fingerprint density at radius 3 is 2.76 bits per heavy atom. The van der Waals surface area contributed by atoms with E-state index in [0.29, 0.717) is 24.0 Å². The molecule has 3 atom stereocenters. The highest BCUT2D eigenvalue weighted by Gasteiger charge is 2.30. The number of methoxy groups -OCH3 is 1. The first-order valence-corrected chi connectivity index (χ1v) is 11.1. The maximum Gasteiger partial charge on any atom is 0.251 e. The summed E-state index contributed by atoms with van der Waals surface area (Å²) in [7, 11) is 1.64. The molecule has 160 valence electrons. The number of likely N-dealkylation sites (tertiary alicyclic amines) is 1. The van der Waals surface area contributed by atoms with Gasteiger partial charge in [-0.2, -0.15) is 0 Å². The van der Waals surface area contributed by atoms with E-state index in [-0.39, 0.29) is 11.9 Å². The van der Waals surface area contributed by atoms with E-state index in [1.165, 1.54) is 32.1 Å². The van der Waals surface area contributed by atoms with Crippen LogP contribution in [0.3, 0.4) is 0 Å². The minimum atomic E-state index is 0.0268. The number of hydrogen-bond donors (Lipinski definition) is 1. The second-order valence-electron chi connectivity index (χ2n) is 8.45. The molecule has 2 aliphatic rings. The normalized spacial score (nSPS) is 25.3. The lowest BCUT2D eigenvalue weighted by Crippen LogP contribution is -2.48. The topological polar surface area (TPSA) is 50.8 Å². The molecule has 1 aromatic rings. The zero-order chi connectivity index (χ0) is 20.5. The van der Waals surface area contributed by atoms with Gasteiger partial charge >= 0.3 is 0 Å². The van der Waals surface area contributed by atoms with E-state index in [1.54, 1.807) is 7.11 Å². The average molecular weight is 401 g/mol. The van der Waals surface area contributed by atoms with E-state index in [2.05, 4.69) is 16.8 Å². The van der Waals surface area contributed by atoms with E-state index < -0.39 is 0 Å². The van der Waals surface area contributed by atoms with Gasteiger partial charge in [-0.3, -0.25) is 4.79 Å². The van der Waals surface area contributed by atoms with Crippen LogP contribution in [0.2, 0.25) is 0 Å². The molecule has 0 aromatic heterocycles. The molecule has 5 heteroatoms. The standard InChI is InChI=1S/C24H36N2O3/c1-3-15-29-18-19-7-6-14-26(16-19)17-21-8-4-5-9-23(21)25-24(27)20-10-12-22(28-2)13-11-20/h3,10-13,19,21,23H,1,4-9,14-18H2,2H3,(H,25,27)/t19?,21-,23?/m0/s1. The van der Waals surface area contributed by atoms with E-state index >= 15 is 0 Å². The van der Waals surface area contributed by atoms with Crippen molar-refractivity contribution in [3.8, 4) is 5.75 Å². The third-order valence-electron chi connectivity index (χ3n) is 6.26. The number of ether oxygens (including phenoxy) is 2. The molecule has 0 bridgehead atoms. The van der Waals surface area contributed by atoms with Gasteiger partial charge in [0, 0.05) is 24.7 Å². The van der Waals surface area contributed by atoms with Gasteiger partial charge in [0.1, 0.15) is 5.75 Å². The lowest BCUT2D eigenvalue weighted by atomic mass is 9.83. The largest absolute Gasteiger partial charge is 0.497 e. The third kappa shape index (κ3) is 6.58. The van der Waals surface area contributed by atoms with Crippen LogP contribution in [0.15, 0.2) is 36.9 Å². The molecule has 29 heavy (non-hydrogen) atoms. The molecule has 0 spiro atoms. The van der Waals surface area contributed by atoms with Gasteiger partial charge in [0.2, 0.25) is 0 Å². The molecule has 1 amide bonds. The maximum absolute atomic E-state index is 12.8. The van der Waals surface area contributed by atoms with E-state index in [1.807, 2.05) is 30.3 Å². The number of hydrogen-bond acceptors (Lipinski definition) is 4. The van der Waals surface area contributed by atoms with Gasteiger partial charge in [0.05, 0.1) is 20.3 Å². The Kier molecular flexibility index (Phi) is 8.56. The number of amides is 1. The predicted molar refractivity (Wildman–Crippen MR) is 116 cm³/mol. The summed E-state index contributed by atoms with van der Waals surface area (Å²) >= 11 is 0. The van der Waals surface area contributed by atoms with Crippen molar-refractivity contribution in [2.75, 3.05) is 40.0 Å². The Balaban J connectivity index is 1.53. The van der Waals surface area contributed by atoms with Gasteiger partial charge in [0.25, 0.3) is 5.91 Å². The minimum absolute atomic E-state index is 0.0268. The summed E-state index contributed by atoms with van der Waals surface area (Å²) in [6.45, 7) is 8.52. The van der Waals surface area contributed by atoms with E-state index in [4.69, 9.17) is 9.47 Å². The molecule has 1 aliphatic carbocycles. The molecule has 5 nitrogen and oxygen atoms in total. The van der Waals surface area contributed by atoms with Crippen molar-refractivity contribution in [1.82, 2.24) is 10.2 Å². The van der Waals surface area contributed by atoms with Gasteiger partial charge in [-0.05, 0) is 68.3 Å². The molecule has 2 fully saturated rings. The Morgan fingerprint density at radius 2 is 2.00 bits per heavy atom. The van der Waals surface area contributed by atoms with Crippen molar-refractivity contribution in [3.05, 3.63) is 42.5 Å². The van der Waals surface area contributed by atoms with E-state index in [0.717, 1.165) is 38.4 Å². The summed E-state index contributed by atoms with van der Waals surface area (Å²) in [5, 5.41) is 3.32. The van der Waals surface area contributed by atoms with Crippen LogP contribution in [0.25, 0.3) is 0 Å². The summed E-state index contributed by atoms with van der Waals surface area (Å²) in [4.78, 5) is 15.4. The average Bonchev–Trinajstić information content (AvgIpc) is 2.76. The summed E-state index contributed by atoms with van der Waals surface area (Å²) in [5.74, 6) is 1.94. The van der Waals surface area contributed by atoms with Crippen molar-refractivity contribution >= 4 is 5.91 Å². The molecule has 3 rings (SSSR count). The first-order valence-electron chi connectivity index (χ1n) is 11.1. The Bertz CT molecular complexity index is 646. The highest BCUT2D eigenvalue weighted by atomic mass is 16.5. The number of piperidine rings is 1. The van der Waals surface area contributed by atoms with Crippen LogP contribution in [0.5, 0.6) is 5.75 Å². The van der Waals surface area contributed by atoms with Crippen molar-refractivity contribution in [2.45, 2.75) is 44.6 Å². The highest BCUT2D eigenvalue weighted by Crippen LogP contribution is 2.28. The quantitative estimate of drug-likeness (QED) is 0.505. The number of benzene rings is 1. The van der Waals surface area contributed by atoms with Crippen LogP contribution in [0.1, 0.15) is 48.9 Å². The van der Waals surface area contributed by atoms with Crippen LogP contribution in [-0.2, 0) is 4.74 Å². The van der Waals surface area contributed by atoms with Gasteiger partial charge in [-0.15, -0.1) is 6.58 Å². The molecule has 1 N–H and O–H groups in total. The van der Waals surface area contributed by atoms with Gasteiger partial charge in [0.15, 0.2) is 0 Å². The summed E-state index contributed by atoms with van der Waals surface area (Å²) in [6, 6.07) is 7.62. The zero-order valence-corrected chi connectivity index (χ0v) is 17.8. The van der Waals surface area contributed by atoms with Crippen molar-refractivity contribution < 1.29 is 14.3 Å². The van der Waals surface area contributed by atoms with Gasteiger partial charge < -0.3 is 19.7 Å². The molecule has 1 heterocycles. The second kappa shape index (κ2) is 11.4. The number of nitrogens with zero attached hydrogens (tertiary/aromatic N) is 1. The highest BCUT2D eigenvalue weighted by molar-refractivity contribution is 5.94. The molecular weight excluding hydrogens is 364 g/mol. The van der Waals surface area contributed by atoms with Crippen molar-refractivity contribution in [1.29, 1.82) is 0 Å². The van der Waals surface area contributed by atoms with Crippen LogP contribution < -0.4 is 10.1 Å². The van der Waals surface area contributed by atoms with E-state index in [9.17, 15) is 4.79 Å². The zero-order valence-electron chi connectivity index (χ0n) is 17.8. The third-order valence-corrected chi connectivity index (χ3v) is 6.26. The minimum Gasteiger partial charge on any atom is -0.497 e. The number of nitrogens with one attached hydrogen (secondary N) is 1. The molecule has 1 saturated heterocycles. The number of rotatable bonds is 9. The monoisotopic (exact) mass is 400 g/mol. The van der Waals surface area contributed by atoms with Crippen LogP contribution >= 0.6 is 0 Å². The van der Waals surface area contributed by atoms with Crippen LogP contribution in [0.4, 0.5) is 0 Å². The number of carbonyl (C=O) groups excluding carboxylic acids is 1. The SMILES string of the molecule is C=CCOCC1CCCN(C[C@@H]2CCCCC2NC(=O)c2ccc(OC)cc2)C1. The Morgan fingerprint density at radius 1 is 1.21 bits per heavy atom. The fourth-order valence-electron chi connectivity index (χ4n) is 4.71. The molecule has 0 radical (unpaired) electrons. The summed E-state index contributed by atoms with van der Waals surface area (Å²) in [6.07, 6.45) is 9.03. The molecule has 1 aromatic carbocycles. The van der Waals surface area contributed by atoms with Gasteiger partial charge in [-0.1, -0.05) is 18.9 Å². The fraction of sp³-hybridized carbons (Fsp3) is 0.625. The predicted octanol–water partition coefficient (Wildman–Crippen LogP) is 3.90. The lowest BCUT2D eigenvalue weighted by molar-refractivity contribution is 0.0599. The Hall–Kier alpha value is -1.85. The van der Waals surface area contributed by atoms with Crippen molar-refractivity contribution in [3.63, 3.8) is 0 Å². The first kappa shape index (κ1) is 21.8. The number of carbonyl (C=O) groups is 1. The lowest BCUT2D eigenvalue weighted by Gasteiger charge is -2.39. The molecule has 1 aliphatic heterocycles. The Labute approximate surface area is 175 Å². The molecular formula is C24H36N2O3. The summed E-state index contributed by atoms with van der Waals surface area (Å²) in [5.41, 5.74) is 0.701. The van der Waals surface area contributed by atoms with Crippen LogP contribution in [-0.4, -0.2) is 56.8 Å². The van der Waals surface area contributed by atoms with Gasteiger partial charge in [-0.25, -0.2) is 0 Å².